The monoisotopic (exact) mass is 305 g/mol. The average molecular weight is 305 g/mol. The van der Waals surface area contributed by atoms with Gasteiger partial charge in [0.05, 0.1) is 11.9 Å². The summed E-state index contributed by atoms with van der Waals surface area (Å²) in [6.07, 6.45) is 5.65. The van der Waals surface area contributed by atoms with Crippen LogP contribution in [0.15, 0.2) is 12.4 Å². The van der Waals surface area contributed by atoms with Gasteiger partial charge < -0.3 is 10.6 Å². The number of thiazole rings is 1. The minimum Gasteiger partial charge on any atom is -0.348 e. The van der Waals surface area contributed by atoms with Crippen LogP contribution < -0.4 is 10.6 Å². The van der Waals surface area contributed by atoms with Crippen molar-refractivity contribution >= 4 is 17.2 Å². The summed E-state index contributed by atoms with van der Waals surface area (Å²) in [6, 6.07) is 0.266. The van der Waals surface area contributed by atoms with E-state index >= 15 is 0 Å². The van der Waals surface area contributed by atoms with Gasteiger partial charge in [0, 0.05) is 24.8 Å². The molecule has 0 bridgehead atoms. The van der Waals surface area contributed by atoms with Gasteiger partial charge in [0.2, 0.25) is 0 Å². The van der Waals surface area contributed by atoms with Crippen LogP contribution in [0.5, 0.6) is 0 Å². The van der Waals surface area contributed by atoms with Crippen molar-refractivity contribution in [1.29, 1.82) is 0 Å². The maximum atomic E-state index is 12.4. The summed E-state index contributed by atoms with van der Waals surface area (Å²) in [5.74, 6) is -0.00737. The van der Waals surface area contributed by atoms with E-state index in [4.69, 9.17) is 0 Å². The normalized spacial score (nSPS) is 16.1. The molecule has 1 saturated heterocycles. The molecule has 112 valence electrons. The van der Waals surface area contributed by atoms with Gasteiger partial charge in [-0.3, -0.25) is 9.48 Å². The number of hydrogen-bond donors (Lipinski definition) is 2. The molecule has 2 aromatic rings. The molecule has 0 aliphatic carbocycles. The van der Waals surface area contributed by atoms with E-state index in [1.54, 1.807) is 10.9 Å². The molecule has 0 spiro atoms. The zero-order valence-electron chi connectivity index (χ0n) is 12.2. The van der Waals surface area contributed by atoms with Gasteiger partial charge >= 0.3 is 0 Å². The molecule has 1 amide bonds. The van der Waals surface area contributed by atoms with E-state index in [0.29, 0.717) is 4.88 Å². The standard InChI is InChI=1S/C14H19N5OS/c1-9-12(13(20)18-11-3-5-15-6-4-11)21-14(17-9)10-7-16-19(2)8-10/h7-8,11,15H,3-6H2,1-2H3,(H,18,20). The van der Waals surface area contributed by atoms with Gasteiger partial charge in [0.15, 0.2) is 0 Å². The number of aryl methyl sites for hydroxylation is 2. The zero-order valence-corrected chi connectivity index (χ0v) is 13.0. The van der Waals surface area contributed by atoms with Crippen LogP contribution in [0.1, 0.15) is 28.2 Å². The summed E-state index contributed by atoms with van der Waals surface area (Å²) < 4.78 is 1.74. The molecule has 0 atom stereocenters. The van der Waals surface area contributed by atoms with Crippen molar-refractivity contribution in [3.05, 3.63) is 23.0 Å². The van der Waals surface area contributed by atoms with Gasteiger partial charge in [-0.05, 0) is 32.9 Å². The second-order valence-corrected chi connectivity index (χ2v) is 6.33. The SMILES string of the molecule is Cc1nc(-c2cnn(C)c2)sc1C(=O)NC1CCNCC1. The third-order valence-electron chi connectivity index (χ3n) is 3.63. The molecule has 1 aliphatic rings. The third-order valence-corrected chi connectivity index (χ3v) is 4.83. The summed E-state index contributed by atoms with van der Waals surface area (Å²) in [7, 11) is 1.87. The van der Waals surface area contributed by atoms with Crippen molar-refractivity contribution in [1.82, 2.24) is 25.4 Å². The van der Waals surface area contributed by atoms with E-state index in [2.05, 4.69) is 20.7 Å². The van der Waals surface area contributed by atoms with Crippen molar-refractivity contribution < 1.29 is 4.79 Å². The van der Waals surface area contributed by atoms with Crippen LogP contribution in [0.2, 0.25) is 0 Å². The maximum Gasteiger partial charge on any atom is 0.263 e. The highest BCUT2D eigenvalue weighted by atomic mass is 32.1. The van der Waals surface area contributed by atoms with Crippen molar-refractivity contribution in [3.8, 4) is 10.6 Å². The molecule has 1 aliphatic heterocycles. The molecule has 21 heavy (non-hydrogen) atoms. The van der Waals surface area contributed by atoms with Gasteiger partial charge in [0.25, 0.3) is 5.91 Å². The van der Waals surface area contributed by atoms with Gasteiger partial charge in [-0.1, -0.05) is 0 Å². The highest BCUT2D eigenvalue weighted by molar-refractivity contribution is 7.17. The van der Waals surface area contributed by atoms with E-state index in [1.165, 1.54) is 11.3 Å². The third kappa shape index (κ3) is 3.14. The molecule has 3 heterocycles. The van der Waals surface area contributed by atoms with Crippen LogP contribution in [-0.2, 0) is 7.05 Å². The first-order valence-electron chi connectivity index (χ1n) is 7.11. The summed E-state index contributed by atoms with van der Waals surface area (Å²) >= 11 is 1.43. The van der Waals surface area contributed by atoms with E-state index in [1.807, 2.05) is 20.2 Å². The zero-order chi connectivity index (χ0) is 14.8. The van der Waals surface area contributed by atoms with E-state index in [0.717, 1.165) is 42.2 Å². The molecule has 2 aromatic heterocycles. The number of hydrogen-bond acceptors (Lipinski definition) is 5. The Morgan fingerprint density at radius 1 is 1.48 bits per heavy atom. The Labute approximate surface area is 127 Å². The largest absolute Gasteiger partial charge is 0.348 e. The molecule has 0 unspecified atom stereocenters. The van der Waals surface area contributed by atoms with Crippen molar-refractivity contribution in [2.45, 2.75) is 25.8 Å². The van der Waals surface area contributed by atoms with Crippen LogP contribution in [-0.4, -0.2) is 39.8 Å². The van der Waals surface area contributed by atoms with Gasteiger partial charge in [-0.25, -0.2) is 4.98 Å². The second-order valence-electron chi connectivity index (χ2n) is 5.33. The quantitative estimate of drug-likeness (QED) is 0.897. The first kappa shape index (κ1) is 14.2. The highest BCUT2D eigenvalue weighted by Gasteiger charge is 2.21. The highest BCUT2D eigenvalue weighted by Crippen LogP contribution is 2.27. The maximum absolute atomic E-state index is 12.4. The minimum atomic E-state index is -0.00737. The van der Waals surface area contributed by atoms with Crippen molar-refractivity contribution in [3.63, 3.8) is 0 Å². The fraction of sp³-hybridized carbons (Fsp3) is 0.500. The lowest BCUT2D eigenvalue weighted by Crippen LogP contribution is -2.42. The number of nitrogens with one attached hydrogen (secondary N) is 2. The van der Waals surface area contributed by atoms with Crippen molar-refractivity contribution in [2.75, 3.05) is 13.1 Å². The first-order valence-corrected chi connectivity index (χ1v) is 7.93. The molecule has 7 heteroatoms. The van der Waals surface area contributed by atoms with Crippen LogP contribution in [0.25, 0.3) is 10.6 Å². The predicted molar refractivity (Wildman–Crippen MR) is 82.4 cm³/mol. The Hall–Kier alpha value is -1.73. The van der Waals surface area contributed by atoms with E-state index in [9.17, 15) is 4.79 Å². The van der Waals surface area contributed by atoms with Gasteiger partial charge in [-0.2, -0.15) is 5.10 Å². The number of carbonyl (C=O) groups is 1. The number of carbonyl (C=O) groups excluding carboxylic acids is 1. The molecular weight excluding hydrogens is 286 g/mol. The summed E-state index contributed by atoms with van der Waals surface area (Å²) in [5, 5.41) is 11.4. The molecule has 6 nitrogen and oxygen atoms in total. The number of nitrogens with zero attached hydrogens (tertiary/aromatic N) is 3. The number of piperidine rings is 1. The summed E-state index contributed by atoms with van der Waals surface area (Å²) in [5.41, 5.74) is 1.73. The average Bonchev–Trinajstić information content (AvgIpc) is 3.06. The second kappa shape index (κ2) is 5.95. The fourth-order valence-corrected chi connectivity index (χ4v) is 3.42. The molecule has 0 aromatic carbocycles. The van der Waals surface area contributed by atoms with E-state index in [-0.39, 0.29) is 11.9 Å². The molecule has 0 saturated carbocycles. The van der Waals surface area contributed by atoms with Gasteiger partial charge in [-0.15, -0.1) is 11.3 Å². The first-order chi connectivity index (χ1) is 10.1. The summed E-state index contributed by atoms with van der Waals surface area (Å²) in [6.45, 7) is 3.81. The van der Waals surface area contributed by atoms with Crippen LogP contribution in [0.4, 0.5) is 0 Å². The van der Waals surface area contributed by atoms with Crippen LogP contribution in [0, 0.1) is 6.92 Å². The predicted octanol–water partition coefficient (Wildman–Crippen LogP) is 1.33. The lowest BCUT2D eigenvalue weighted by atomic mass is 10.1. The molecule has 3 rings (SSSR count). The smallest absolute Gasteiger partial charge is 0.263 e. The van der Waals surface area contributed by atoms with E-state index < -0.39 is 0 Å². The van der Waals surface area contributed by atoms with Crippen LogP contribution in [0.3, 0.4) is 0 Å². The topological polar surface area (TPSA) is 71.8 Å². The lowest BCUT2D eigenvalue weighted by Gasteiger charge is -2.23. The van der Waals surface area contributed by atoms with Crippen LogP contribution >= 0.6 is 11.3 Å². The number of rotatable bonds is 3. The minimum absolute atomic E-state index is 0.00737. The Morgan fingerprint density at radius 2 is 2.24 bits per heavy atom. The molecule has 0 radical (unpaired) electrons. The van der Waals surface area contributed by atoms with Crippen molar-refractivity contribution in [2.24, 2.45) is 7.05 Å². The number of amides is 1. The fourth-order valence-electron chi connectivity index (χ4n) is 2.48. The van der Waals surface area contributed by atoms with Gasteiger partial charge in [0.1, 0.15) is 9.88 Å². The summed E-state index contributed by atoms with van der Waals surface area (Å²) in [4.78, 5) is 17.6. The molecule has 2 N–H and O–H groups in total. The Kier molecular flexibility index (Phi) is 4.03. The Balaban J connectivity index is 1.75. The molecule has 1 fully saturated rings. The Morgan fingerprint density at radius 3 is 2.90 bits per heavy atom. The molecular formula is C14H19N5OS. The number of aromatic nitrogens is 3. The lowest BCUT2D eigenvalue weighted by molar-refractivity contribution is 0.0933. The Bertz CT molecular complexity index is 642.